The maximum atomic E-state index is 12.9. The van der Waals surface area contributed by atoms with Crippen molar-refractivity contribution in [2.24, 2.45) is 11.5 Å². The number of carboxylic acids is 2. The number of carbonyl (C=O) groups excluding carboxylic acids is 3. The second kappa shape index (κ2) is 15.4. The molecule has 0 fully saturated rings. The second-order valence-corrected chi connectivity index (χ2v) is 8.55. The lowest BCUT2D eigenvalue weighted by Gasteiger charge is -2.25. The molecule has 0 saturated heterocycles. The van der Waals surface area contributed by atoms with Gasteiger partial charge in [-0.2, -0.15) is 0 Å². The summed E-state index contributed by atoms with van der Waals surface area (Å²) in [4.78, 5) is 60.9. The van der Waals surface area contributed by atoms with E-state index in [-0.39, 0.29) is 18.6 Å². The molecule has 0 aliphatic carbocycles. The molecule has 0 heterocycles. The predicted octanol–water partition coefficient (Wildman–Crippen LogP) is -2.21. The zero-order valence-electron chi connectivity index (χ0n) is 20.4. The minimum Gasteiger partial charge on any atom is -0.508 e. The summed E-state index contributed by atoms with van der Waals surface area (Å²) < 4.78 is 0. The molecule has 37 heavy (non-hydrogen) atoms. The number of aliphatic hydroxyl groups excluding tert-OH is 1. The second-order valence-electron chi connectivity index (χ2n) is 8.55. The van der Waals surface area contributed by atoms with Gasteiger partial charge in [0, 0.05) is 0 Å². The zero-order valence-corrected chi connectivity index (χ0v) is 20.4. The Labute approximate surface area is 213 Å². The van der Waals surface area contributed by atoms with Gasteiger partial charge in [0.25, 0.3) is 0 Å². The maximum Gasteiger partial charge on any atom is 0.328 e. The lowest BCUT2D eigenvalue weighted by molar-refractivity contribution is -0.145. The number of aliphatic carboxylic acids is 2. The van der Waals surface area contributed by atoms with Crippen LogP contribution in [0.25, 0.3) is 0 Å². The van der Waals surface area contributed by atoms with Crippen molar-refractivity contribution in [3.63, 3.8) is 0 Å². The molecule has 0 saturated carbocycles. The fourth-order valence-electron chi connectivity index (χ4n) is 3.32. The van der Waals surface area contributed by atoms with Crippen LogP contribution in [0.15, 0.2) is 24.3 Å². The first-order chi connectivity index (χ1) is 17.3. The normalized spacial score (nSPS) is 14.9. The van der Waals surface area contributed by atoms with E-state index in [9.17, 15) is 44.4 Å². The van der Waals surface area contributed by atoms with Crippen molar-refractivity contribution < 1.29 is 44.4 Å². The fourth-order valence-corrected chi connectivity index (χ4v) is 3.32. The third-order valence-electron chi connectivity index (χ3n) is 5.37. The molecule has 14 heteroatoms. The number of carboxylic acid groups (broad SMARTS) is 2. The summed E-state index contributed by atoms with van der Waals surface area (Å²) in [6.45, 7) is 1.46. The largest absolute Gasteiger partial charge is 0.508 e. The minimum absolute atomic E-state index is 0.0214. The quantitative estimate of drug-likeness (QED) is 0.104. The molecular formula is C23H35N5O9. The van der Waals surface area contributed by atoms with Gasteiger partial charge in [0.15, 0.2) is 6.04 Å². The van der Waals surface area contributed by atoms with Crippen LogP contribution < -0.4 is 27.4 Å². The summed E-state index contributed by atoms with van der Waals surface area (Å²) in [6, 6.07) is 0.226. The van der Waals surface area contributed by atoms with E-state index in [4.69, 9.17) is 11.5 Å². The van der Waals surface area contributed by atoms with E-state index >= 15 is 0 Å². The molecular weight excluding hydrogens is 490 g/mol. The first-order valence-corrected chi connectivity index (χ1v) is 11.6. The van der Waals surface area contributed by atoms with Crippen LogP contribution in [0.3, 0.4) is 0 Å². The molecule has 0 radical (unpaired) electrons. The number of aliphatic hydroxyl groups is 1. The number of phenolic OH excluding ortho intramolecular Hbond substituents is 1. The Hall–Kier alpha value is -3.75. The number of amides is 3. The Morgan fingerprint density at radius 3 is 1.97 bits per heavy atom. The maximum absolute atomic E-state index is 12.9. The number of unbranched alkanes of at least 4 members (excludes halogenated alkanes) is 1. The van der Waals surface area contributed by atoms with Crippen LogP contribution in [-0.2, 0) is 30.4 Å². The molecule has 0 aliphatic rings. The molecule has 1 aromatic carbocycles. The number of phenols is 1. The Morgan fingerprint density at radius 1 is 0.892 bits per heavy atom. The fraction of sp³-hybridized carbons (Fsp3) is 0.522. The SMILES string of the molecule is CC(O)C(NC(=O)C(CCCCN)NC(=O)C(CC(=O)O)NC(=O)C(N)Cc1ccc(O)cc1)C(=O)O. The minimum atomic E-state index is -1.64. The Kier molecular flexibility index (Phi) is 13.0. The van der Waals surface area contributed by atoms with E-state index in [2.05, 4.69) is 16.0 Å². The summed E-state index contributed by atoms with van der Waals surface area (Å²) in [6.07, 6.45) is -1.32. The van der Waals surface area contributed by atoms with E-state index in [1.165, 1.54) is 19.1 Å². The van der Waals surface area contributed by atoms with Gasteiger partial charge in [-0.05, 0) is 56.8 Å². The van der Waals surface area contributed by atoms with E-state index < -0.39 is 66.4 Å². The molecule has 5 atom stereocenters. The molecule has 0 aromatic heterocycles. The highest BCUT2D eigenvalue weighted by Crippen LogP contribution is 2.11. The van der Waals surface area contributed by atoms with Crippen molar-refractivity contribution in [1.29, 1.82) is 0 Å². The lowest BCUT2D eigenvalue weighted by Crippen LogP contribution is -2.58. The molecule has 1 rings (SSSR count). The average Bonchev–Trinajstić information content (AvgIpc) is 2.81. The highest BCUT2D eigenvalue weighted by molar-refractivity contribution is 5.95. The number of nitrogens with two attached hydrogens (primary N) is 2. The van der Waals surface area contributed by atoms with Gasteiger partial charge in [-0.3, -0.25) is 19.2 Å². The topological polar surface area (TPSA) is 254 Å². The molecule has 14 nitrogen and oxygen atoms in total. The van der Waals surface area contributed by atoms with Crippen LogP contribution in [0, 0.1) is 0 Å². The molecule has 11 N–H and O–H groups in total. The van der Waals surface area contributed by atoms with E-state index in [0.29, 0.717) is 24.9 Å². The molecule has 206 valence electrons. The number of hydrogen-bond acceptors (Lipinski definition) is 9. The van der Waals surface area contributed by atoms with Gasteiger partial charge in [-0.1, -0.05) is 12.1 Å². The number of nitrogens with one attached hydrogen (secondary N) is 3. The molecule has 3 amide bonds. The first kappa shape index (κ1) is 31.3. The first-order valence-electron chi connectivity index (χ1n) is 11.6. The molecule has 0 aliphatic heterocycles. The summed E-state index contributed by atoms with van der Waals surface area (Å²) in [5.74, 6) is -5.61. The molecule has 0 bridgehead atoms. The van der Waals surface area contributed by atoms with Gasteiger partial charge in [0.05, 0.1) is 18.6 Å². The van der Waals surface area contributed by atoms with Crippen LogP contribution in [0.1, 0.15) is 38.2 Å². The Bertz CT molecular complexity index is 939. The lowest BCUT2D eigenvalue weighted by atomic mass is 10.0. The number of hydrogen-bond donors (Lipinski definition) is 9. The third kappa shape index (κ3) is 11.2. The molecule has 5 unspecified atom stereocenters. The van der Waals surface area contributed by atoms with Gasteiger partial charge in [-0.25, -0.2) is 4.79 Å². The summed E-state index contributed by atoms with van der Waals surface area (Å²) in [5, 5.41) is 44.2. The summed E-state index contributed by atoms with van der Waals surface area (Å²) in [5.41, 5.74) is 12.0. The van der Waals surface area contributed by atoms with Crippen LogP contribution >= 0.6 is 0 Å². The molecule has 1 aromatic rings. The van der Waals surface area contributed by atoms with Crippen LogP contribution in [0.4, 0.5) is 0 Å². The van der Waals surface area contributed by atoms with Crippen molar-refractivity contribution in [2.45, 2.75) is 69.3 Å². The van der Waals surface area contributed by atoms with Crippen molar-refractivity contribution >= 4 is 29.7 Å². The van der Waals surface area contributed by atoms with Gasteiger partial charge < -0.3 is 47.8 Å². The van der Waals surface area contributed by atoms with Gasteiger partial charge in [-0.15, -0.1) is 0 Å². The van der Waals surface area contributed by atoms with Crippen LogP contribution in [-0.4, -0.2) is 86.9 Å². The summed E-state index contributed by atoms with van der Waals surface area (Å²) in [7, 11) is 0. The van der Waals surface area contributed by atoms with Gasteiger partial charge in [0.2, 0.25) is 17.7 Å². The smallest absolute Gasteiger partial charge is 0.328 e. The van der Waals surface area contributed by atoms with Crippen LogP contribution in [0.2, 0.25) is 0 Å². The van der Waals surface area contributed by atoms with Crippen molar-refractivity contribution in [1.82, 2.24) is 16.0 Å². The summed E-state index contributed by atoms with van der Waals surface area (Å²) >= 11 is 0. The van der Waals surface area contributed by atoms with E-state index in [1.54, 1.807) is 12.1 Å². The van der Waals surface area contributed by atoms with Gasteiger partial charge in [0.1, 0.15) is 17.8 Å². The highest BCUT2D eigenvalue weighted by atomic mass is 16.4. The Balaban J connectivity index is 2.98. The average molecular weight is 526 g/mol. The number of aromatic hydroxyl groups is 1. The zero-order chi connectivity index (χ0) is 28.1. The molecule has 0 spiro atoms. The predicted molar refractivity (Wildman–Crippen MR) is 130 cm³/mol. The van der Waals surface area contributed by atoms with Crippen molar-refractivity contribution in [3.05, 3.63) is 29.8 Å². The van der Waals surface area contributed by atoms with Crippen molar-refractivity contribution in [2.75, 3.05) is 6.54 Å². The number of benzene rings is 1. The standard InChI is InChI=1S/C23H35N5O9/c1-12(29)19(23(36)37)28-21(34)16(4-2-3-9-24)26-22(35)17(11-18(31)32)27-20(33)15(25)10-13-5-7-14(30)8-6-13/h5-8,12,15-17,19,29-30H,2-4,9-11,24-25H2,1H3,(H,26,35)(H,27,33)(H,28,34)(H,31,32)(H,36,37). The Morgan fingerprint density at radius 2 is 1.46 bits per heavy atom. The monoisotopic (exact) mass is 525 g/mol. The number of carbonyl (C=O) groups is 5. The van der Waals surface area contributed by atoms with Crippen LogP contribution in [0.5, 0.6) is 5.75 Å². The third-order valence-corrected chi connectivity index (χ3v) is 5.37. The van der Waals surface area contributed by atoms with Crippen molar-refractivity contribution in [3.8, 4) is 5.75 Å². The van der Waals surface area contributed by atoms with Gasteiger partial charge >= 0.3 is 11.9 Å². The van der Waals surface area contributed by atoms with E-state index in [1.807, 2.05) is 0 Å². The van der Waals surface area contributed by atoms with E-state index in [0.717, 1.165) is 0 Å². The number of rotatable bonds is 16. The highest BCUT2D eigenvalue weighted by Gasteiger charge is 2.32.